The lowest BCUT2D eigenvalue weighted by molar-refractivity contribution is -0.117. The number of aromatic nitrogens is 2. The summed E-state index contributed by atoms with van der Waals surface area (Å²) in [7, 11) is 0. The van der Waals surface area contributed by atoms with Gasteiger partial charge in [0.25, 0.3) is 5.91 Å². The molecular weight excluding hydrogens is 426 g/mol. The number of ether oxygens (including phenoxy) is 1. The topological polar surface area (TPSA) is 78.9 Å². The lowest BCUT2D eigenvalue weighted by Gasteiger charge is -2.37. The lowest BCUT2D eigenvalue weighted by Crippen LogP contribution is -2.52. The van der Waals surface area contributed by atoms with Crippen molar-refractivity contribution < 1.29 is 14.3 Å². The monoisotopic (exact) mass is 449 g/mol. The van der Waals surface area contributed by atoms with Crippen molar-refractivity contribution in [2.24, 2.45) is 0 Å². The zero-order chi connectivity index (χ0) is 21.9. The largest absolute Gasteiger partial charge is 0.457 e. The molecule has 2 aliphatic rings. The van der Waals surface area contributed by atoms with Gasteiger partial charge in [0, 0.05) is 74.8 Å². The molecule has 1 unspecified atom stereocenters. The zero-order valence-corrected chi connectivity index (χ0v) is 18.3. The number of amides is 2. The van der Waals surface area contributed by atoms with Crippen molar-refractivity contribution in [1.82, 2.24) is 19.8 Å². The van der Waals surface area contributed by atoms with E-state index >= 15 is 0 Å². The molecular formula is C23H23N5O3S. The molecule has 2 fully saturated rings. The van der Waals surface area contributed by atoms with Crippen LogP contribution in [0.3, 0.4) is 0 Å². The number of thiazole rings is 1. The molecule has 2 aliphatic heterocycles. The summed E-state index contributed by atoms with van der Waals surface area (Å²) < 4.78 is 5.81. The molecule has 164 valence electrons. The molecule has 2 amide bonds. The van der Waals surface area contributed by atoms with E-state index in [1.54, 1.807) is 30.7 Å². The van der Waals surface area contributed by atoms with E-state index < -0.39 is 0 Å². The highest BCUT2D eigenvalue weighted by Crippen LogP contribution is 2.28. The fourth-order valence-corrected chi connectivity index (χ4v) is 4.78. The van der Waals surface area contributed by atoms with Gasteiger partial charge in [0.1, 0.15) is 11.5 Å². The van der Waals surface area contributed by atoms with Gasteiger partial charge in [0.05, 0.1) is 0 Å². The summed E-state index contributed by atoms with van der Waals surface area (Å²) >= 11 is 1.37. The number of carbonyl (C=O) groups is 2. The van der Waals surface area contributed by atoms with E-state index in [0.29, 0.717) is 36.8 Å². The normalized spacial score (nSPS) is 19.4. The van der Waals surface area contributed by atoms with Crippen LogP contribution in [0.5, 0.6) is 11.5 Å². The lowest BCUT2D eigenvalue weighted by atomic mass is 10.2. The first-order valence-corrected chi connectivity index (χ1v) is 11.5. The second kappa shape index (κ2) is 9.05. The van der Waals surface area contributed by atoms with Crippen molar-refractivity contribution in [3.05, 3.63) is 65.4 Å². The maximum absolute atomic E-state index is 12.7. The van der Waals surface area contributed by atoms with Crippen LogP contribution in [0.2, 0.25) is 0 Å². The molecule has 9 heteroatoms. The standard InChI is InChI=1S/C23H23N5O3S/c29-21-15-18(26-10-12-27(13-11-26)23(30)22-25-9-14-32-22)16-28(21)17-1-3-19(4-2-17)31-20-5-7-24-8-6-20/h1-9,14,18H,10-13,15-16H2. The smallest absolute Gasteiger partial charge is 0.282 e. The van der Waals surface area contributed by atoms with Gasteiger partial charge >= 0.3 is 0 Å². The van der Waals surface area contributed by atoms with Crippen molar-refractivity contribution in [3.63, 3.8) is 0 Å². The maximum Gasteiger partial charge on any atom is 0.282 e. The van der Waals surface area contributed by atoms with Gasteiger partial charge in [-0.05, 0) is 36.4 Å². The quantitative estimate of drug-likeness (QED) is 0.596. The van der Waals surface area contributed by atoms with Gasteiger partial charge in [-0.25, -0.2) is 4.98 Å². The number of carbonyl (C=O) groups excluding carboxylic acids is 2. The molecule has 0 spiro atoms. The summed E-state index contributed by atoms with van der Waals surface area (Å²) in [4.78, 5) is 39.3. The van der Waals surface area contributed by atoms with Crippen LogP contribution < -0.4 is 9.64 Å². The van der Waals surface area contributed by atoms with E-state index in [4.69, 9.17) is 4.74 Å². The third-order valence-corrected chi connectivity index (χ3v) is 6.63. The van der Waals surface area contributed by atoms with Crippen molar-refractivity contribution in [3.8, 4) is 11.5 Å². The average Bonchev–Trinajstić information content (AvgIpc) is 3.50. The van der Waals surface area contributed by atoms with Crippen LogP contribution in [0.25, 0.3) is 0 Å². The Balaban J connectivity index is 1.17. The van der Waals surface area contributed by atoms with Crippen LogP contribution in [0.15, 0.2) is 60.4 Å². The minimum Gasteiger partial charge on any atom is -0.457 e. The first-order valence-electron chi connectivity index (χ1n) is 10.6. The Labute approximate surface area is 190 Å². The van der Waals surface area contributed by atoms with Crippen LogP contribution in [0.4, 0.5) is 5.69 Å². The SMILES string of the molecule is O=C(c1nccs1)N1CCN(C2CC(=O)N(c3ccc(Oc4ccncc4)cc3)C2)CC1. The Morgan fingerprint density at radius 1 is 0.969 bits per heavy atom. The highest BCUT2D eigenvalue weighted by atomic mass is 32.1. The summed E-state index contributed by atoms with van der Waals surface area (Å²) in [5, 5.41) is 2.36. The van der Waals surface area contributed by atoms with Gasteiger partial charge in [-0.1, -0.05) is 0 Å². The summed E-state index contributed by atoms with van der Waals surface area (Å²) in [6.45, 7) is 3.50. The number of nitrogens with zero attached hydrogens (tertiary/aromatic N) is 5. The van der Waals surface area contributed by atoms with E-state index in [-0.39, 0.29) is 17.9 Å². The van der Waals surface area contributed by atoms with Gasteiger partial charge in [-0.3, -0.25) is 19.5 Å². The fraction of sp³-hybridized carbons (Fsp3) is 0.304. The van der Waals surface area contributed by atoms with Crippen molar-refractivity contribution >= 4 is 28.8 Å². The Hall–Kier alpha value is -3.30. The van der Waals surface area contributed by atoms with Crippen LogP contribution in [-0.2, 0) is 4.79 Å². The molecule has 3 aromatic rings. The second-order valence-corrected chi connectivity index (χ2v) is 8.70. The molecule has 0 bridgehead atoms. The molecule has 1 aromatic carbocycles. The predicted molar refractivity (Wildman–Crippen MR) is 121 cm³/mol. The van der Waals surface area contributed by atoms with Crippen LogP contribution in [-0.4, -0.2) is 70.3 Å². The Morgan fingerprint density at radius 2 is 1.69 bits per heavy atom. The van der Waals surface area contributed by atoms with E-state index in [9.17, 15) is 9.59 Å². The zero-order valence-electron chi connectivity index (χ0n) is 17.5. The Bertz CT molecular complexity index is 1070. The number of piperazine rings is 1. The van der Waals surface area contributed by atoms with Gasteiger partial charge in [0.2, 0.25) is 5.91 Å². The maximum atomic E-state index is 12.7. The summed E-state index contributed by atoms with van der Waals surface area (Å²) in [5.74, 6) is 1.55. The number of rotatable bonds is 5. The number of pyridine rings is 1. The number of hydrogen-bond acceptors (Lipinski definition) is 7. The molecule has 1 atom stereocenters. The van der Waals surface area contributed by atoms with Crippen LogP contribution >= 0.6 is 11.3 Å². The van der Waals surface area contributed by atoms with Crippen molar-refractivity contribution in [2.45, 2.75) is 12.5 Å². The Kier molecular flexibility index (Phi) is 5.83. The van der Waals surface area contributed by atoms with Crippen LogP contribution in [0.1, 0.15) is 16.2 Å². The van der Waals surface area contributed by atoms with Crippen molar-refractivity contribution in [1.29, 1.82) is 0 Å². The molecule has 2 saturated heterocycles. The first kappa shape index (κ1) is 20.6. The Morgan fingerprint density at radius 3 is 2.38 bits per heavy atom. The van der Waals surface area contributed by atoms with E-state index in [1.807, 2.05) is 39.4 Å². The molecule has 8 nitrogen and oxygen atoms in total. The predicted octanol–water partition coefficient (Wildman–Crippen LogP) is 2.89. The highest BCUT2D eigenvalue weighted by molar-refractivity contribution is 7.11. The van der Waals surface area contributed by atoms with Gasteiger partial charge in [-0.15, -0.1) is 11.3 Å². The minimum atomic E-state index is -0.00199. The molecule has 0 radical (unpaired) electrons. The second-order valence-electron chi connectivity index (χ2n) is 7.81. The van der Waals surface area contributed by atoms with Gasteiger partial charge in [-0.2, -0.15) is 0 Å². The molecule has 4 heterocycles. The third-order valence-electron chi connectivity index (χ3n) is 5.87. The van der Waals surface area contributed by atoms with E-state index in [0.717, 1.165) is 24.5 Å². The summed E-state index contributed by atoms with van der Waals surface area (Å²) in [6.07, 6.45) is 5.52. The van der Waals surface area contributed by atoms with Gasteiger partial charge < -0.3 is 14.5 Å². The molecule has 32 heavy (non-hydrogen) atoms. The molecule has 0 aliphatic carbocycles. The average molecular weight is 450 g/mol. The first-order chi connectivity index (χ1) is 15.7. The number of hydrogen-bond donors (Lipinski definition) is 0. The highest BCUT2D eigenvalue weighted by Gasteiger charge is 2.36. The molecule has 0 saturated carbocycles. The fourth-order valence-electron chi connectivity index (χ4n) is 4.17. The molecule has 5 rings (SSSR count). The summed E-state index contributed by atoms with van der Waals surface area (Å²) in [6, 6.07) is 11.3. The summed E-state index contributed by atoms with van der Waals surface area (Å²) in [5.41, 5.74) is 0.872. The van der Waals surface area contributed by atoms with Crippen molar-refractivity contribution in [2.75, 3.05) is 37.6 Å². The van der Waals surface area contributed by atoms with E-state index in [1.165, 1.54) is 11.3 Å². The molecule has 0 N–H and O–H groups in total. The van der Waals surface area contributed by atoms with Gasteiger partial charge in [0.15, 0.2) is 5.01 Å². The molecule has 2 aromatic heterocycles. The minimum absolute atomic E-state index is 0.00199. The number of anilines is 1. The number of benzene rings is 1. The van der Waals surface area contributed by atoms with E-state index in [2.05, 4.69) is 14.9 Å². The third kappa shape index (κ3) is 4.35. The van der Waals surface area contributed by atoms with Crippen LogP contribution in [0, 0.1) is 0 Å².